The van der Waals surface area contributed by atoms with Crippen LogP contribution in [0.3, 0.4) is 0 Å². The maximum atomic E-state index is 14.4. The van der Waals surface area contributed by atoms with Gasteiger partial charge >= 0.3 is 5.97 Å². The van der Waals surface area contributed by atoms with Gasteiger partial charge in [-0.2, -0.15) is 0 Å². The molecule has 6 nitrogen and oxygen atoms in total. The zero-order valence-electron chi connectivity index (χ0n) is 21.2. The Morgan fingerprint density at radius 2 is 1.27 bits per heavy atom. The number of aryl methyl sites for hydroxylation is 2. The van der Waals surface area contributed by atoms with Crippen molar-refractivity contribution in [2.75, 3.05) is 13.7 Å². The third kappa shape index (κ3) is 5.21. The van der Waals surface area contributed by atoms with Gasteiger partial charge in [-0.15, -0.1) is 0 Å². The Morgan fingerprint density at radius 1 is 0.811 bits per heavy atom. The predicted molar refractivity (Wildman–Crippen MR) is 145 cm³/mol. The molecule has 1 fully saturated rings. The third-order valence-corrected chi connectivity index (χ3v) is 9.49. The molecule has 3 aromatic carbocycles. The molecule has 0 bridgehead atoms. The van der Waals surface area contributed by atoms with Crippen molar-refractivity contribution in [2.45, 2.75) is 43.4 Å². The standard InChI is InChI=1S/C29H30ClNO5S/c1-5-36-29(33)28-25(21-12-8-19(3)9-13-21)31(4)24(20-10-6-18(2)7-11-20)27(37(28,34)35)26(32)22-14-16-23(30)17-15-22/h6-17,24-25,27-28H,5H2,1-4H3/t24-,25+,27+,28-/m1/s1. The second kappa shape index (κ2) is 10.8. The van der Waals surface area contributed by atoms with Crippen molar-refractivity contribution in [3.8, 4) is 0 Å². The first kappa shape index (κ1) is 27.0. The fraction of sp³-hybridized carbons (Fsp3) is 0.310. The van der Waals surface area contributed by atoms with Crippen LogP contribution in [-0.4, -0.2) is 49.2 Å². The smallest absolute Gasteiger partial charge is 0.326 e. The largest absolute Gasteiger partial charge is 0.465 e. The molecule has 8 heteroatoms. The SMILES string of the molecule is CCOC(=O)[C@H]1[C@H](c2ccc(C)cc2)N(C)[C@H](c2ccc(C)cc2)[C@@H](C(=O)c2ccc(Cl)cc2)S1(=O)=O. The number of carbonyl (C=O) groups is 2. The van der Waals surface area contributed by atoms with E-state index in [1.165, 1.54) is 12.1 Å². The van der Waals surface area contributed by atoms with Crippen LogP contribution in [0.25, 0.3) is 0 Å². The Labute approximate surface area is 223 Å². The summed E-state index contributed by atoms with van der Waals surface area (Å²) in [5, 5.41) is -2.68. The first-order valence-corrected chi connectivity index (χ1v) is 14.1. The number of esters is 1. The summed E-state index contributed by atoms with van der Waals surface area (Å²) in [5.41, 5.74) is 3.54. The molecular formula is C29H30ClNO5S. The number of hydrogen-bond acceptors (Lipinski definition) is 6. The Balaban J connectivity index is 1.96. The molecule has 0 spiro atoms. The van der Waals surface area contributed by atoms with Crippen molar-refractivity contribution in [3.63, 3.8) is 0 Å². The first-order chi connectivity index (χ1) is 17.6. The van der Waals surface area contributed by atoms with Crippen LogP contribution in [-0.2, 0) is 19.4 Å². The number of hydrogen-bond donors (Lipinski definition) is 0. The minimum absolute atomic E-state index is 0.0202. The van der Waals surface area contributed by atoms with Crippen LogP contribution in [0.1, 0.15) is 51.6 Å². The zero-order valence-corrected chi connectivity index (χ0v) is 22.8. The quantitative estimate of drug-likeness (QED) is 0.313. The maximum Gasteiger partial charge on any atom is 0.326 e. The predicted octanol–water partition coefficient (Wildman–Crippen LogP) is 5.28. The lowest BCUT2D eigenvalue weighted by Gasteiger charge is -2.47. The molecule has 0 amide bonds. The van der Waals surface area contributed by atoms with Crippen LogP contribution < -0.4 is 0 Å². The average Bonchev–Trinajstić information content (AvgIpc) is 2.86. The van der Waals surface area contributed by atoms with E-state index in [9.17, 15) is 18.0 Å². The summed E-state index contributed by atoms with van der Waals surface area (Å²) in [7, 11) is -2.63. The Morgan fingerprint density at radius 3 is 1.73 bits per heavy atom. The fourth-order valence-corrected chi connectivity index (χ4v) is 7.65. The average molecular weight is 540 g/mol. The molecule has 1 heterocycles. The molecule has 194 valence electrons. The molecule has 3 aromatic rings. The van der Waals surface area contributed by atoms with E-state index >= 15 is 0 Å². The topological polar surface area (TPSA) is 80.8 Å². The highest BCUT2D eigenvalue weighted by atomic mass is 35.5. The minimum Gasteiger partial charge on any atom is -0.465 e. The molecule has 4 rings (SSSR count). The summed E-state index contributed by atoms with van der Waals surface area (Å²) in [6, 6.07) is 19.3. The highest BCUT2D eigenvalue weighted by Gasteiger charge is 2.58. The van der Waals surface area contributed by atoms with E-state index in [4.69, 9.17) is 16.3 Å². The number of nitrogens with zero attached hydrogens (tertiary/aromatic N) is 1. The van der Waals surface area contributed by atoms with E-state index in [0.717, 1.165) is 11.1 Å². The van der Waals surface area contributed by atoms with Gasteiger partial charge in [-0.1, -0.05) is 71.3 Å². The molecule has 0 saturated carbocycles. The zero-order chi connectivity index (χ0) is 26.9. The number of halogens is 1. The molecule has 1 aliphatic heterocycles. The second-order valence-corrected chi connectivity index (χ2v) is 12.1. The van der Waals surface area contributed by atoms with Crippen molar-refractivity contribution in [2.24, 2.45) is 0 Å². The van der Waals surface area contributed by atoms with Crippen LogP contribution in [0.4, 0.5) is 0 Å². The van der Waals surface area contributed by atoms with Gasteiger partial charge in [0.25, 0.3) is 0 Å². The number of carbonyl (C=O) groups excluding carboxylic acids is 2. The Kier molecular flexibility index (Phi) is 7.88. The van der Waals surface area contributed by atoms with E-state index in [-0.39, 0.29) is 12.2 Å². The Bertz CT molecular complexity index is 1390. The summed E-state index contributed by atoms with van der Waals surface area (Å²) in [6.45, 7) is 5.52. The number of rotatable bonds is 6. The van der Waals surface area contributed by atoms with Crippen molar-refractivity contribution < 1.29 is 22.7 Å². The first-order valence-electron chi connectivity index (χ1n) is 12.1. The number of ketones is 1. The van der Waals surface area contributed by atoms with Crippen molar-refractivity contribution in [1.29, 1.82) is 0 Å². The fourth-order valence-electron chi connectivity index (χ4n) is 5.02. The van der Waals surface area contributed by atoms with Gasteiger partial charge in [-0.25, -0.2) is 8.42 Å². The van der Waals surface area contributed by atoms with Gasteiger partial charge in [-0.05, 0) is 63.2 Å². The summed E-state index contributed by atoms with van der Waals surface area (Å²) >= 11 is 6.02. The molecule has 1 saturated heterocycles. The van der Waals surface area contributed by atoms with Gasteiger partial charge in [0, 0.05) is 10.6 Å². The van der Waals surface area contributed by atoms with E-state index < -0.39 is 44.2 Å². The number of ether oxygens (including phenoxy) is 1. The molecule has 0 N–H and O–H groups in total. The number of Topliss-reactive ketones (excluding diaryl/α,β-unsaturated/α-hetero) is 1. The molecule has 1 aliphatic rings. The van der Waals surface area contributed by atoms with Gasteiger partial charge in [0.15, 0.2) is 20.9 Å². The van der Waals surface area contributed by atoms with E-state index in [1.54, 1.807) is 26.1 Å². The highest BCUT2D eigenvalue weighted by Crippen LogP contribution is 2.46. The van der Waals surface area contributed by atoms with Crippen LogP contribution in [0.2, 0.25) is 5.02 Å². The number of sulfone groups is 1. The van der Waals surface area contributed by atoms with Crippen LogP contribution >= 0.6 is 11.6 Å². The minimum atomic E-state index is -4.39. The molecular weight excluding hydrogens is 510 g/mol. The molecule has 0 aromatic heterocycles. The van der Waals surface area contributed by atoms with Gasteiger partial charge in [0.1, 0.15) is 5.25 Å². The summed E-state index contributed by atoms with van der Waals surface area (Å²) in [5.74, 6) is -1.46. The molecule has 37 heavy (non-hydrogen) atoms. The summed E-state index contributed by atoms with van der Waals surface area (Å²) in [6.07, 6.45) is 0. The summed E-state index contributed by atoms with van der Waals surface area (Å²) in [4.78, 5) is 29.1. The lowest BCUT2D eigenvalue weighted by atomic mass is 9.91. The lowest BCUT2D eigenvalue weighted by Crippen LogP contribution is -2.59. The highest BCUT2D eigenvalue weighted by molar-refractivity contribution is 7.94. The Hall–Kier alpha value is -3.00. The van der Waals surface area contributed by atoms with E-state index in [1.807, 2.05) is 67.3 Å². The van der Waals surface area contributed by atoms with Gasteiger partial charge < -0.3 is 4.74 Å². The molecule has 0 radical (unpaired) electrons. The monoisotopic (exact) mass is 539 g/mol. The van der Waals surface area contributed by atoms with Crippen LogP contribution in [0.5, 0.6) is 0 Å². The molecule has 4 atom stereocenters. The number of benzene rings is 3. The van der Waals surface area contributed by atoms with E-state index in [0.29, 0.717) is 16.1 Å². The normalized spacial score (nSPS) is 23.4. The van der Waals surface area contributed by atoms with E-state index in [2.05, 4.69) is 0 Å². The maximum absolute atomic E-state index is 14.4. The van der Waals surface area contributed by atoms with Crippen molar-refractivity contribution >= 4 is 33.2 Å². The van der Waals surface area contributed by atoms with Gasteiger partial charge in [0.2, 0.25) is 0 Å². The van der Waals surface area contributed by atoms with Crippen molar-refractivity contribution in [1.82, 2.24) is 4.90 Å². The summed E-state index contributed by atoms with van der Waals surface area (Å²) < 4.78 is 34.0. The second-order valence-electron chi connectivity index (χ2n) is 9.43. The molecule has 0 unspecified atom stereocenters. The van der Waals surface area contributed by atoms with Crippen LogP contribution in [0.15, 0.2) is 72.8 Å². The lowest BCUT2D eigenvalue weighted by molar-refractivity contribution is -0.144. The van der Waals surface area contributed by atoms with Crippen LogP contribution in [0, 0.1) is 13.8 Å². The van der Waals surface area contributed by atoms with Gasteiger partial charge in [-0.3, -0.25) is 14.5 Å². The van der Waals surface area contributed by atoms with Crippen molar-refractivity contribution in [3.05, 3.63) is 106 Å². The van der Waals surface area contributed by atoms with Gasteiger partial charge in [0.05, 0.1) is 18.7 Å². The third-order valence-electron chi connectivity index (χ3n) is 6.90. The molecule has 0 aliphatic carbocycles.